The molecule has 0 radical (unpaired) electrons. The van der Waals surface area contributed by atoms with Gasteiger partial charge in [0.2, 0.25) is 0 Å². The summed E-state index contributed by atoms with van der Waals surface area (Å²) in [6.07, 6.45) is 0. The van der Waals surface area contributed by atoms with E-state index in [1.54, 1.807) is 0 Å². The maximum atomic E-state index is 8.96. The van der Waals surface area contributed by atoms with Crippen LogP contribution < -0.4 is 5.11 Å². The summed E-state index contributed by atoms with van der Waals surface area (Å²) in [4.78, 5) is 8.96. The van der Waals surface area contributed by atoms with Crippen LogP contribution >= 0.6 is 0 Å². The van der Waals surface area contributed by atoms with E-state index in [9.17, 15) is 0 Å². The normalized spacial score (nSPS) is 5.75. The molecule has 0 aromatic rings. The Morgan fingerprint density at radius 1 is 2.00 bits per heavy atom. The van der Waals surface area contributed by atoms with Gasteiger partial charge in [-0.1, -0.05) is 0 Å². The third-order valence-electron chi connectivity index (χ3n) is 0. The Bertz CT molecular complexity index is 29.0. The number of carboxylic acid groups (broad SMARTS) is 1. The molecule has 0 rings (SSSR count). The fourth-order valence-corrected chi connectivity index (χ4v) is 0. The first kappa shape index (κ1) is 4.66. The number of hydrogen-bond donors (Lipinski definition) is 0. The van der Waals surface area contributed by atoms with Gasteiger partial charge >= 0.3 is 46.0 Å². The Morgan fingerprint density at radius 3 is 2.00 bits per heavy atom. The van der Waals surface area contributed by atoms with Crippen molar-refractivity contribution in [2.75, 3.05) is 0 Å². The van der Waals surface area contributed by atoms with Crippen LogP contribution in [-0.2, 0) is 0 Å². The van der Waals surface area contributed by atoms with E-state index in [0.717, 1.165) is 0 Å². The van der Waals surface area contributed by atoms with E-state index in [2.05, 4.69) is 0 Å². The van der Waals surface area contributed by atoms with Crippen LogP contribution in [0.2, 0.25) is 0 Å². The van der Waals surface area contributed by atoms with Gasteiger partial charge in [-0.05, 0) is 0 Å². The Labute approximate surface area is 45.8 Å². The molecule has 0 aliphatic carbocycles. The van der Waals surface area contributed by atoms with Crippen molar-refractivity contribution in [3.63, 3.8) is 0 Å². The van der Waals surface area contributed by atoms with Gasteiger partial charge in [0.1, 0.15) is 0 Å². The molecule has 0 heterocycles. The third kappa shape index (κ3) is 16.7. The fraction of sp³-hybridized carbons (Fsp3) is 0. The minimum atomic E-state index is -0.917. The molecule has 0 saturated heterocycles. The first-order chi connectivity index (χ1) is 1.73. The Hall–Kier alpha value is 0.665. The summed E-state index contributed by atoms with van der Waals surface area (Å²) in [5.41, 5.74) is 0. The van der Waals surface area contributed by atoms with Crippen LogP contribution in [0.25, 0.3) is 0 Å². The van der Waals surface area contributed by atoms with Crippen LogP contribution in [0.1, 0.15) is 0 Å². The van der Waals surface area contributed by atoms with Gasteiger partial charge in [0.05, 0.1) is 0 Å². The van der Waals surface area contributed by atoms with Gasteiger partial charge in [-0.3, -0.25) is 0 Å². The van der Waals surface area contributed by atoms with Crippen LogP contribution in [0, 0.1) is 33.7 Å². The monoisotopic (exact) mass is 183 g/mol. The van der Waals surface area contributed by atoms with Gasteiger partial charge in [-0.2, -0.15) is 0 Å². The number of rotatable bonds is 0. The van der Waals surface area contributed by atoms with Gasteiger partial charge in [0, 0.05) is 0 Å². The molecule has 0 aliphatic rings. The number of carbonyl (C=O) groups excluding carboxylic acids is 1. The van der Waals surface area contributed by atoms with Crippen LogP contribution in [0.3, 0.4) is 0 Å². The molecular weight excluding hydrogens is 183 g/mol. The van der Waals surface area contributed by atoms with Gasteiger partial charge < -0.3 is 0 Å². The topological polar surface area (TPSA) is 40.1 Å². The van der Waals surface area contributed by atoms with Crippen molar-refractivity contribution in [3.05, 3.63) is 0 Å². The van der Waals surface area contributed by atoms with E-state index >= 15 is 0 Å². The van der Waals surface area contributed by atoms with Gasteiger partial charge in [-0.25, -0.2) is 0 Å². The molecule has 0 aliphatic heterocycles. The summed E-state index contributed by atoms with van der Waals surface area (Å²) in [5.74, 6) is 0. The molecule has 0 saturated carbocycles. The summed E-state index contributed by atoms with van der Waals surface area (Å²) in [5, 5.41) is 8.96. The molecule has 0 unspecified atom stereocenters. The van der Waals surface area contributed by atoms with Gasteiger partial charge in [0.15, 0.2) is 0 Å². The molecule has 20 valence electrons. The van der Waals surface area contributed by atoms with Crippen LogP contribution in [0.4, 0.5) is 4.79 Å². The Kier molecular flexibility index (Phi) is 2.26. The van der Waals surface area contributed by atoms with Crippen molar-refractivity contribution in [1.82, 2.24) is 0 Å². The van der Waals surface area contributed by atoms with Crippen molar-refractivity contribution in [2.24, 2.45) is 0 Å². The van der Waals surface area contributed by atoms with Crippen molar-refractivity contribution in [1.29, 1.82) is 0 Å². The number of hydrogen-bond acceptors (Lipinski definition) is 2. The molecule has 0 N–H and O–H groups in total. The third-order valence-corrected chi connectivity index (χ3v) is 0. The van der Waals surface area contributed by atoms with E-state index < -0.39 is 2.37 Å². The van der Waals surface area contributed by atoms with Crippen molar-refractivity contribution < 1.29 is 43.6 Å². The maximum absolute atomic E-state index is 8.96. The average Bonchev–Trinajstić information content (AvgIpc) is 0.811. The molecule has 0 bridgehead atoms. The summed E-state index contributed by atoms with van der Waals surface area (Å²) in [6, 6.07) is 0. The molecule has 0 amide bonds. The second-order valence-corrected chi connectivity index (χ2v) is 1.80. The molecule has 2 nitrogen and oxygen atoms in total. The summed E-state index contributed by atoms with van der Waals surface area (Å²) >= 11 is -0.00926. The molecular formula is CLaO2-. The van der Waals surface area contributed by atoms with Crippen LogP contribution in [0.5, 0.6) is 0 Å². The van der Waals surface area contributed by atoms with E-state index in [4.69, 9.17) is 9.90 Å². The molecule has 0 fully saturated rings. The second kappa shape index (κ2) is 1.94. The van der Waals surface area contributed by atoms with Gasteiger partial charge in [-0.15, -0.1) is 0 Å². The molecule has 3 heteroatoms. The molecule has 4 heavy (non-hydrogen) atoms. The molecule has 0 aromatic carbocycles. The number of carbonyl (C=O) groups is 1. The van der Waals surface area contributed by atoms with Crippen molar-refractivity contribution >= 4 is 2.37 Å². The Morgan fingerprint density at radius 2 is 2.00 bits per heavy atom. The second-order valence-electron chi connectivity index (χ2n) is 0.319. The SMILES string of the molecule is O=[C]([O-])[La]. The summed E-state index contributed by atoms with van der Waals surface area (Å²) in [7, 11) is 0. The first-order valence-corrected chi connectivity index (χ1v) is 2.51. The molecule has 0 aromatic heterocycles. The van der Waals surface area contributed by atoms with E-state index in [0.29, 0.717) is 0 Å². The van der Waals surface area contributed by atoms with E-state index in [-0.39, 0.29) is 33.7 Å². The predicted octanol–water partition coefficient (Wildman–Crippen LogP) is -1.12. The van der Waals surface area contributed by atoms with Crippen LogP contribution in [0.15, 0.2) is 0 Å². The standard InChI is InChI=1S/CO2.La/c2-1-3;/q-1;. The van der Waals surface area contributed by atoms with E-state index in [1.807, 2.05) is 0 Å². The summed E-state index contributed by atoms with van der Waals surface area (Å²) in [6.45, 7) is 0. The van der Waals surface area contributed by atoms with E-state index in [1.165, 1.54) is 0 Å². The average molecular weight is 183 g/mol. The van der Waals surface area contributed by atoms with Crippen molar-refractivity contribution in [2.45, 2.75) is 0 Å². The molecule has 0 atom stereocenters. The first-order valence-electron chi connectivity index (χ1n) is 0.697. The zero-order valence-corrected chi connectivity index (χ0v) is 5.52. The van der Waals surface area contributed by atoms with Crippen LogP contribution in [-0.4, -0.2) is 2.37 Å². The zero-order chi connectivity index (χ0) is 3.58. The Balaban J connectivity index is 2.80. The predicted molar refractivity (Wildman–Crippen MR) is 5.40 cm³/mol. The molecule has 0 spiro atoms. The fourth-order valence-electron chi connectivity index (χ4n) is 0. The quantitative estimate of drug-likeness (QED) is 0.477. The summed E-state index contributed by atoms with van der Waals surface area (Å²) < 4.78 is -0.917. The van der Waals surface area contributed by atoms with Crippen molar-refractivity contribution in [3.8, 4) is 0 Å². The zero-order valence-electron chi connectivity index (χ0n) is 1.89. The minimum absolute atomic E-state index is 0.00926. The van der Waals surface area contributed by atoms with Gasteiger partial charge in [0.25, 0.3) is 0 Å².